The van der Waals surface area contributed by atoms with Gasteiger partial charge in [-0.3, -0.25) is 4.79 Å². The fourth-order valence-electron chi connectivity index (χ4n) is 2.94. The Kier molecular flexibility index (Phi) is 10.1. The molecule has 0 aliphatic heterocycles. The molecule has 2 unspecified atom stereocenters. The van der Waals surface area contributed by atoms with E-state index in [2.05, 4.69) is 17.4 Å². The molecule has 0 saturated carbocycles. The summed E-state index contributed by atoms with van der Waals surface area (Å²) in [7, 11) is 0. The first-order valence-electron chi connectivity index (χ1n) is 9.98. The van der Waals surface area contributed by atoms with Crippen molar-refractivity contribution in [1.29, 1.82) is 0 Å². The fourth-order valence-corrected chi connectivity index (χ4v) is 2.94. The van der Waals surface area contributed by atoms with Gasteiger partial charge >= 0.3 is 5.97 Å². The van der Waals surface area contributed by atoms with Gasteiger partial charge in [-0.2, -0.15) is 0 Å². The number of hydrogen-bond acceptors (Lipinski definition) is 5. The van der Waals surface area contributed by atoms with Crippen LogP contribution in [0.3, 0.4) is 0 Å². The van der Waals surface area contributed by atoms with Gasteiger partial charge in [-0.15, -0.1) is 0 Å². The van der Waals surface area contributed by atoms with E-state index in [4.69, 9.17) is 9.47 Å². The number of benzene rings is 2. The van der Waals surface area contributed by atoms with Gasteiger partial charge in [0.05, 0.1) is 6.61 Å². The Balaban J connectivity index is 1.82. The summed E-state index contributed by atoms with van der Waals surface area (Å²) >= 11 is 0. The summed E-state index contributed by atoms with van der Waals surface area (Å²) in [6, 6.07) is 19.5. The lowest BCUT2D eigenvalue weighted by Crippen LogP contribution is -2.45. The molecule has 0 spiro atoms. The highest BCUT2D eigenvalue weighted by Gasteiger charge is 2.20. The predicted molar refractivity (Wildman–Crippen MR) is 110 cm³/mol. The third-order valence-corrected chi connectivity index (χ3v) is 4.45. The van der Waals surface area contributed by atoms with E-state index in [1.165, 1.54) is 0 Å². The molecule has 0 saturated heterocycles. The highest BCUT2D eigenvalue weighted by molar-refractivity contribution is 5.69. The number of hydrogen-bond donors (Lipinski definition) is 2. The van der Waals surface area contributed by atoms with Crippen molar-refractivity contribution >= 4 is 5.97 Å². The summed E-state index contributed by atoms with van der Waals surface area (Å²) in [6.07, 6.45) is 2.10. The third kappa shape index (κ3) is 8.55. The van der Waals surface area contributed by atoms with Crippen molar-refractivity contribution in [2.24, 2.45) is 0 Å². The molecular formula is C23H31NO4. The molecule has 2 atom stereocenters. The molecule has 0 aliphatic carbocycles. The number of aliphatic hydroxyl groups is 1. The minimum Gasteiger partial charge on any atom is -0.491 e. The SMILES string of the molecule is CCOC(=O)CCCCNC(Cc1ccccc1)C(O)COc1ccccc1. The van der Waals surface area contributed by atoms with Crippen LogP contribution in [-0.2, 0) is 16.0 Å². The Hall–Kier alpha value is -2.37. The second-order valence-corrected chi connectivity index (χ2v) is 6.70. The molecule has 0 aliphatic rings. The Morgan fingerprint density at radius 3 is 2.39 bits per heavy atom. The Morgan fingerprint density at radius 2 is 1.71 bits per heavy atom. The summed E-state index contributed by atoms with van der Waals surface area (Å²) in [4.78, 5) is 11.4. The van der Waals surface area contributed by atoms with Crippen molar-refractivity contribution in [2.75, 3.05) is 19.8 Å². The molecular weight excluding hydrogens is 354 g/mol. The molecule has 0 amide bonds. The van der Waals surface area contributed by atoms with Gasteiger partial charge in [-0.05, 0) is 50.4 Å². The maximum Gasteiger partial charge on any atom is 0.305 e. The van der Waals surface area contributed by atoms with Crippen LogP contribution in [0.1, 0.15) is 31.7 Å². The van der Waals surface area contributed by atoms with Crippen molar-refractivity contribution < 1.29 is 19.4 Å². The molecule has 2 N–H and O–H groups in total. The van der Waals surface area contributed by atoms with Crippen LogP contribution in [0, 0.1) is 0 Å². The Bertz CT molecular complexity index is 663. The van der Waals surface area contributed by atoms with Crippen molar-refractivity contribution in [3.63, 3.8) is 0 Å². The molecule has 2 aromatic carbocycles. The monoisotopic (exact) mass is 385 g/mol. The van der Waals surface area contributed by atoms with E-state index >= 15 is 0 Å². The lowest BCUT2D eigenvalue weighted by atomic mass is 10.0. The van der Waals surface area contributed by atoms with Gasteiger partial charge in [-0.25, -0.2) is 0 Å². The van der Waals surface area contributed by atoms with E-state index in [0.29, 0.717) is 19.4 Å². The first-order chi connectivity index (χ1) is 13.7. The number of carbonyl (C=O) groups is 1. The van der Waals surface area contributed by atoms with Crippen LogP contribution in [0.4, 0.5) is 0 Å². The van der Waals surface area contributed by atoms with Crippen molar-refractivity contribution in [2.45, 2.75) is 44.8 Å². The van der Waals surface area contributed by atoms with Gasteiger partial charge in [0, 0.05) is 12.5 Å². The summed E-state index contributed by atoms with van der Waals surface area (Å²) in [5, 5.41) is 14.1. The molecule has 0 bridgehead atoms. The molecule has 5 nitrogen and oxygen atoms in total. The standard InChI is InChI=1S/C23H31NO4/c1-2-27-23(26)15-9-10-16-24-21(17-19-11-5-3-6-12-19)22(25)18-28-20-13-7-4-8-14-20/h3-8,11-14,21-22,24-25H,2,9-10,15-18H2,1H3. The average molecular weight is 386 g/mol. The largest absolute Gasteiger partial charge is 0.491 e. The van der Waals surface area contributed by atoms with Gasteiger partial charge in [0.2, 0.25) is 0 Å². The Labute approximate surface area is 167 Å². The van der Waals surface area contributed by atoms with Crippen LogP contribution in [-0.4, -0.2) is 43.0 Å². The zero-order chi connectivity index (χ0) is 20.0. The lowest BCUT2D eigenvalue weighted by molar-refractivity contribution is -0.143. The van der Waals surface area contributed by atoms with Crippen molar-refractivity contribution in [3.05, 3.63) is 66.2 Å². The lowest BCUT2D eigenvalue weighted by Gasteiger charge is -2.25. The van der Waals surface area contributed by atoms with Crippen LogP contribution in [0.2, 0.25) is 0 Å². The second kappa shape index (κ2) is 12.9. The number of rotatable bonds is 13. The minimum absolute atomic E-state index is 0.131. The van der Waals surface area contributed by atoms with Gasteiger partial charge in [-0.1, -0.05) is 48.5 Å². The van der Waals surface area contributed by atoms with Crippen LogP contribution >= 0.6 is 0 Å². The molecule has 0 heterocycles. The number of unbranched alkanes of at least 4 members (excludes halogenated alkanes) is 1. The van der Waals surface area contributed by atoms with E-state index in [1.807, 2.05) is 55.5 Å². The first kappa shape index (κ1) is 21.9. The topological polar surface area (TPSA) is 67.8 Å². The zero-order valence-electron chi connectivity index (χ0n) is 16.5. The van der Waals surface area contributed by atoms with Crippen LogP contribution in [0.25, 0.3) is 0 Å². The van der Waals surface area contributed by atoms with Crippen LogP contribution < -0.4 is 10.1 Å². The highest BCUT2D eigenvalue weighted by atomic mass is 16.5. The van der Waals surface area contributed by atoms with Crippen molar-refractivity contribution in [1.82, 2.24) is 5.32 Å². The van der Waals surface area contributed by atoms with Crippen LogP contribution in [0.5, 0.6) is 5.75 Å². The van der Waals surface area contributed by atoms with Gasteiger partial charge in [0.25, 0.3) is 0 Å². The van der Waals surface area contributed by atoms with Crippen LogP contribution in [0.15, 0.2) is 60.7 Å². The maximum atomic E-state index is 11.4. The van der Waals surface area contributed by atoms with E-state index in [-0.39, 0.29) is 18.6 Å². The molecule has 0 aromatic heterocycles. The zero-order valence-corrected chi connectivity index (χ0v) is 16.5. The summed E-state index contributed by atoms with van der Waals surface area (Å²) in [5.41, 5.74) is 1.16. The Morgan fingerprint density at radius 1 is 1.04 bits per heavy atom. The highest BCUT2D eigenvalue weighted by Crippen LogP contribution is 2.12. The van der Waals surface area contributed by atoms with E-state index < -0.39 is 6.10 Å². The summed E-state index contributed by atoms with van der Waals surface area (Å²) < 4.78 is 10.7. The first-order valence-corrected chi connectivity index (χ1v) is 9.98. The van der Waals surface area contributed by atoms with Gasteiger partial charge in [0.15, 0.2) is 0 Å². The smallest absolute Gasteiger partial charge is 0.305 e. The number of nitrogens with one attached hydrogen (secondary N) is 1. The number of carbonyl (C=O) groups excluding carboxylic acids is 1. The minimum atomic E-state index is -0.648. The second-order valence-electron chi connectivity index (χ2n) is 6.70. The maximum absolute atomic E-state index is 11.4. The van der Waals surface area contributed by atoms with E-state index in [1.54, 1.807) is 0 Å². The van der Waals surface area contributed by atoms with Crippen molar-refractivity contribution in [3.8, 4) is 5.75 Å². The summed E-state index contributed by atoms with van der Waals surface area (Å²) in [5.74, 6) is 0.592. The molecule has 2 aromatic rings. The molecule has 0 radical (unpaired) electrons. The predicted octanol–water partition coefficient (Wildman–Crippen LogP) is 3.36. The average Bonchev–Trinajstić information content (AvgIpc) is 2.72. The quantitative estimate of drug-likeness (QED) is 0.409. The molecule has 5 heteroatoms. The summed E-state index contributed by atoms with van der Waals surface area (Å²) in [6.45, 7) is 3.17. The molecule has 28 heavy (non-hydrogen) atoms. The van der Waals surface area contributed by atoms with Gasteiger partial charge in [0.1, 0.15) is 18.5 Å². The number of ether oxygens (including phenoxy) is 2. The molecule has 152 valence electrons. The van der Waals surface area contributed by atoms with E-state index in [0.717, 1.165) is 30.7 Å². The van der Waals surface area contributed by atoms with Gasteiger partial charge < -0.3 is 19.9 Å². The number of para-hydroxylation sites is 1. The third-order valence-electron chi connectivity index (χ3n) is 4.45. The molecule has 2 rings (SSSR count). The normalized spacial score (nSPS) is 12.9. The van der Waals surface area contributed by atoms with E-state index in [9.17, 15) is 9.90 Å². The number of esters is 1. The number of aliphatic hydroxyl groups excluding tert-OH is 1. The fraction of sp³-hybridized carbons (Fsp3) is 0.435. The molecule has 0 fully saturated rings.